The monoisotopic (exact) mass is 421 g/mol. The average molecular weight is 422 g/mol. The third-order valence-electron chi connectivity index (χ3n) is 5.10. The van der Waals surface area contributed by atoms with Crippen LogP contribution in [-0.4, -0.2) is 32.9 Å². The van der Waals surface area contributed by atoms with Gasteiger partial charge >= 0.3 is 0 Å². The Morgan fingerprint density at radius 1 is 1.07 bits per heavy atom. The SMILES string of the molecule is COc1cc2c(cc1NC(=O)C[NH+](C)Cc1ccc(SC)cc1)oc1ccccc12. The van der Waals surface area contributed by atoms with Crippen LogP contribution >= 0.6 is 11.8 Å². The van der Waals surface area contributed by atoms with E-state index >= 15 is 0 Å². The Bertz CT molecular complexity index is 1180. The lowest BCUT2D eigenvalue weighted by Gasteiger charge is -2.15. The zero-order chi connectivity index (χ0) is 21.1. The number of thioether (sulfide) groups is 1. The van der Waals surface area contributed by atoms with Gasteiger partial charge in [-0.3, -0.25) is 4.79 Å². The number of benzene rings is 3. The molecular weight excluding hydrogens is 396 g/mol. The molecule has 0 saturated heterocycles. The molecule has 1 heterocycles. The van der Waals surface area contributed by atoms with E-state index in [0.29, 0.717) is 18.0 Å². The minimum atomic E-state index is -0.0676. The first-order valence-corrected chi connectivity index (χ1v) is 11.0. The quantitative estimate of drug-likeness (QED) is 0.444. The van der Waals surface area contributed by atoms with E-state index in [4.69, 9.17) is 9.15 Å². The minimum absolute atomic E-state index is 0.0676. The van der Waals surface area contributed by atoms with Crippen molar-refractivity contribution in [2.45, 2.75) is 11.4 Å². The first-order chi connectivity index (χ1) is 14.6. The molecule has 0 saturated carbocycles. The average Bonchev–Trinajstić information content (AvgIpc) is 3.10. The van der Waals surface area contributed by atoms with Crippen molar-refractivity contribution in [1.82, 2.24) is 0 Å². The molecule has 0 aliphatic carbocycles. The summed E-state index contributed by atoms with van der Waals surface area (Å²) in [6.07, 6.45) is 2.06. The number of nitrogens with one attached hydrogen (secondary N) is 2. The zero-order valence-corrected chi connectivity index (χ0v) is 18.1. The molecule has 154 valence electrons. The molecule has 0 radical (unpaired) electrons. The molecule has 1 aromatic heterocycles. The van der Waals surface area contributed by atoms with Gasteiger partial charge in [0, 0.05) is 27.3 Å². The summed E-state index contributed by atoms with van der Waals surface area (Å²) < 4.78 is 11.5. The topological polar surface area (TPSA) is 55.9 Å². The minimum Gasteiger partial charge on any atom is -0.495 e. The van der Waals surface area contributed by atoms with Crippen LogP contribution in [0.4, 0.5) is 5.69 Å². The van der Waals surface area contributed by atoms with Crippen LogP contribution in [0.25, 0.3) is 21.9 Å². The number of anilines is 1. The fourth-order valence-electron chi connectivity index (χ4n) is 3.64. The van der Waals surface area contributed by atoms with E-state index in [1.54, 1.807) is 18.9 Å². The van der Waals surface area contributed by atoms with Crippen molar-refractivity contribution in [3.63, 3.8) is 0 Å². The number of para-hydroxylation sites is 1. The van der Waals surface area contributed by atoms with Gasteiger partial charge < -0.3 is 19.4 Å². The highest BCUT2D eigenvalue weighted by Gasteiger charge is 2.16. The van der Waals surface area contributed by atoms with Crippen molar-refractivity contribution >= 4 is 45.3 Å². The van der Waals surface area contributed by atoms with Crippen molar-refractivity contribution < 1.29 is 18.8 Å². The number of amides is 1. The predicted molar refractivity (Wildman–Crippen MR) is 123 cm³/mol. The predicted octanol–water partition coefficient (Wildman–Crippen LogP) is 3.97. The lowest BCUT2D eigenvalue weighted by Crippen LogP contribution is -3.08. The third-order valence-corrected chi connectivity index (χ3v) is 5.84. The summed E-state index contributed by atoms with van der Waals surface area (Å²) in [5.41, 5.74) is 3.36. The fourth-order valence-corrected chi connectivity index (χ4v) is 4.05. The molecule has 4 rings (SSSR count). The van der Waals surface area contributed by atoms with Gasteiger partial charge in [0.05, 0.1) is 19.8 Å². The number of methoxy groups -OCH3 is 1. The molecule has 1 unspecified atom stereocenters. The van der Waals surface area contributed by atoms with E-state index in [1.165, 1.54) is 10.5 Å². The van der Waals surface area contributed by atoms with E-state index in [2.05, 4.69) is 35.8 Å². The number of hydrogen-bond donors (Lipinski definition) is 2. The van der Waals surface area contributed by atoms with Crippen LogP contribution in [0.15, 0.2) is 70.0 Å². The smallest absolute Gasteiger partial charge is 0.279 e. The summed E-state index contributed by atoms with van der Waals surface area (Å²) >= 11 is 1.72. The van der Waals surface area contributed by atoms with Crippen LogP contribution in [0.1, 0.15) is 5.56 Å². The highest BCUT2D eigenvalue weighted by molar-refractivity contribution is 7.98. The molecule has 3 aromatic carbocycles. The fraction of sp³-hybridized carbons (Fsp3) is 0.208. The summed E-state index contributed by atoms with van der Waals surface area (Å²) in [4.78, 5) is 15.0. The van der Waals surface area contributed by atoms with Crippen LogP contribution in [0.5, 0.6) is 5.75 Å². The Balaban J connectivity index is 1.48. The van der Waals surface area contributed by atoms with E-state index in [9.17, 15) is 4.79 Å². The Labute approximate surface area is 180 Å². The summed E-state index contributed by atoms with van der Waals surface area (Å²) in [5.74, 6) is 0.551. The molecule has 5 nitrogen and oxygen atoms in total. The highest BCUT2D eigenvalue weighted by atomic mass is 32.2. The zero-order valence-electron chi connectivity index (χ0n) is 17.3. The maximum Gasteiger partial charge on any atom is 0.279 e. The Kier molecular flexibility index (Phi) is 5.97. The van der Waals surface area contributed by atoms with Crippen LogP contribution in [-0.2, 0) is 11.3 Å². The van der Waals surface area contributed by atoms with Gasteiger partial charge in [0.1, 0.15) is 23.5 Å². The maximum atomic E-state index is 12.7. The van der Waals surface area contributed by atoms with E-state index in [-0.39, 0.29) is 5.91 Å². The highest BCUT2D eigenvalue weighted by Crippen LogP contribution is 2.36. The van der Waals surface area contributed by atoms with E-state index in [0.717, 1.165) is 33.4 Å². The second kappa shape index (κ2) is 8.81. The van der Waals surface area contributed by atoms with Crippen LogP contribution in [0, 0.1) is 0 Å². The Morgan fingerprint density at radius 3 is 2.57 bits per heavy atom. The molecule has 30 heavy (non-hydrogen) atoms. The molecule has 0 fully saturated rings. The molecular formula is C24H25N2O3S+. The summed E-state index contributed by atoms with van der Waals surface area (Å²) in [5, 5.41) is 4.98. The van der Waals surface area contributed by atoms with Gasteiger partial charge in [-0.05, 0) is 30.5 Å². The number of furan rings is 1. The van der Waals surface area contributed by atoms with Crippen molar-refractivity contribution in [2.24, 2.45) is 0 Å². The molecule has 0 spiro atoms. The molecule has 1 amide bonds. The number of carbonyl (C=O) groups excluding carboxylic acids is 1. The molecule has 0 aliphatic heterocycles. The lowest BCUT2D eigenvalue weighted by atomic mass is 10.1. The summed E-state index contributed by atoms with van der Waals surface area (Å²) in [6, 6.07) is 20.1. The van der Waals surface area contributed by atoms with Crippen molar-refractivity contribution in [3.8, 4) is 5.75 Å². The number of fused-ring (bicyclic) bond motifs is 3. The number of carbonyl (C=O) groups is 1. The van der Waals surface area contributed by atoms with Crippen molar-refractivity contribution in [2.75, 3.05) is 32.3 Å². The molecule has 0 aliphatic rings. The van der Waals surface area contributed by atoms with Gasteiger partial charge in [-0.15, -0.1) is 11.8 Å². The lowest BCUT2D eigenvalue weighted by molar-refractivity contribution is -0.885. The number of ether oxygens (including phenoxy) is 1. The van der Waals surface area contributed by atoms with Crippen molar-refractivity contribution in [3.05, 3.63) is 66.2 Å². The number of likely N-dealkylation sites (N-methyl/N-ethyl adjacent to an activating group) is 1. The van der Waals surface area contributed by atoms with Crippen molar-refractivity contribution in [1.29, 1.82) is 0 Å². The van der Waals surface area contributed by atoms with Crippen LogP contribution < -0.4 is 15.0 Å². The molecule has 0 bridgehead atoms. The van der Waals surface area contributed by atoms with Gasteiger partial charge in [0.2, 0.25) is 0 Å². The Morgan fingerprint density at radius 2 is 1.83 bits per heavy atom. The second-order valence-corrected chi connectivity index (χ2v) is 8.23. The number of rotatable bonds is 7. The van der Waals surface area contributed by atoms with Gasteiger partial charge in [-0.25, -0.2) is 0 Å². The van der Waals surface area contributed by atoms with Gasteiger partial charge in [0.25, 0.3) is 5.91 Å². The third kappa shape index (κ3) is 4.30. The van der Waals surface area contributed by atoms with Gasteiger partial charge in [0.15, 0.2) is 6.54 Å². The van der Waals surface area contributed by atoms with E-state index < -0.39 is 0 Å². The van der Waals surface area contributed by atoms with Gasteiger partial charge in [-0.2, -0.15) is 0 Å². The number of hydrogen-bond acceptors (Lipinski definition) is 4. The van der Waals surface area contributed by atoms with Crippen LogP contribution in [0.2, 0.25) is 0 Å². The van der Waals surface area contributed by atoms with Crippen LogP contribution in [0.3, 0.4) is 0 Å². The van der Waals surface area contributed by atoms with E-state index in [1.807, 2.05) is 43.4 Å². The molecule has 1 atom stereocenters. The first-order valence-electron chi connectivity index (χ1n) is 9.80. The molecule has 2 N–H and O–H groups in total. The second-order valence-electron chi connectivity index (χ2n) is 7.35. The molecule has 6 heteroatoms. The summed E-state index contributed by atoms with van der Waals surface area (Å²) in [6.45, 7) is 1.13. The normalized spacial score (nSPS) is 12.2. The maximum absolute atomic E-state index is 12.7. The number of quaternary nitrogens is 1. The standard InChI is InChI=1S/C24H24N2O3S/c1-26(14-16-8-10-17(30-3)11-9-16)15-24(27)25-20-13-22-19(12-23(20)28-2)18-6-4-5-7-21(18)29-22/h4-13H,14-15H2,1-3H3,(H,25,27)/p+1. The Hall–Kier alpha value is -2.96. The largest absolute Gasteiger partial charge is 0.495 e. The molecule has 4 aromatic rings. The summed E-state index contributed by atoms with van der Waals surface area (Å²) in [7, 11) is 3.62. The van der Waals surface area contributed by atoms with Gasteiger partial charge in [-0.1, -0.05) is 30.3 Å². The first kappa shape index (κ1) is 20.3.